The monoisotopic (exact) mass is 143 g/mol. The quantitative estimate of drug-likeness (QED) is 0.556. The van der Waals surface area contributed by atoms with Crippen LogP contribution in [-0.2, 0) is 4.79 Å². The molecular formula is C6H9NO3. The molecule has 0 aromatic heterocycles. The first-order valence-electron chi connectivity index (χ1n) is 3.19. The Bertz CT molecular complexity index is 153. The molecular weight excluding hydrogens is 134 g/mol. The van der Waals surface area contributed by atoms with Gasteiger partial charge in [-0.25, -0.2) is 4.79 Å². The van der Waals surface area contributed by atoms with Crippen molar-refractivity contribution in [2.75, 3.05) is 0 Å². The minimum Gasteiger partial charge on any atom is -0.465 e. The molecule has 1 aliphatic carbocycles. The number of nitrogens with one attached hydrogen (secondary N) is 1. The van der Waals surface area contributed by atoms with Crippen molar-refractivity contribution in [3.8, 4) is 0 Å². The molecule has 56 valence electrons. The van der Waals surface area contributed by atoms with E-state index in [1.54, 1.807) is 0 Å². The number of amides is 1. The van der Waals surface area contributed by atoms with Gasteiger partial charge in [-0.3, -0.25) is 0 Å². The van der Waals surface area contributed by atoms with E-state index in [1.807, 2.05) is 0 Å². The summed E-state index contributed by atoms with van der Waals surface area (Å²) < 4.78 is 0. The van der Waals surface area contributed by atoms with Crippen molar-refractivity contribution in [3.05, 3.63) is 0 Å². The summed E-state index contributed by atoms with van der Waals surface area (Å²) in [5.41, 5.74) is 0. The van der Waals surface area contributed by atoms with E-state index in [4.69, 9.17) is 5.11 Å². The Labute approximate surface area is 58.2 Å². The molecule has 0 saturated heterocycles. The summed E-state index contributed by atoms with van der Waals surface area (Å²) in [5.74, 6) is 0.258. The van der Waals surface area contributed by atoms with Crippen LogP contribution in [0.15, 0.2) is 0 Å². The number of aldehydes is 1. The van der Waals surface area contributed by atoms with Crippen molar-refractivity contribution in [1.29, 1.82) is 0 Å². The molecule has 4 heteroatoms. The molecule has 1 amide bonds. The molecule has 1 saturated carbocycles. The van der Waals surface area contributed by atoms with Crippen LogP contribution in [-0.4, -0.2) is 23.5 Å². The first kappa shape index (κ1) is 7.05. The van der Waals surface area contributed by atoms with Crippen molar-refractivity contribution in [1.82, 2.24) is 5.32 Å². The van der Waals surface area contributed by atoms with E-state index in [-0.39, 0.29) is 5.92 Å². The Hall–Kier alpha value is -1.06. The van der Waals surface area contributed by atoms with Crippen molar-refractivity contribution in [3.63, 3.8) is 0 Å². The van der Waals surface area contributed by atoms with E-state index in [1.165, 1.54) is 0 Å². The zero-order chi connectivity index (χ0) is 7.56. The Morgan fingerprint density at radius 2 is 2.30 bits per heavy atom. The molecule has 1 rings (SSSR count). The van der Waals surface area contributed by atoms with Gasteiger partial charge < -0.3 is 15.2 Å². The molecule has 0 unspecified atom stereocenters. The first-order chi connectivity index (χ1) is 4.74. The SMILES string of the molecule is O=C[C@@H](NC(=O)O)C1CC1. The average Bonchev–Trinajstić information content (AvgIpc) is 2.63. The number of carbonyl (C=O) groups excluding carboxylic acids is 1. The molecule has 0 aromatic rings. The summed E-state index contributed by atoms with van der Waals surface area (Å²) >= 11 is 0. The zero-order valence-electron chi connectivity index (χ0n) is 5.41. The molecule has 0 aromatic carbocycles. The molecule has 0 aliphatic heterocycles. The highest BCUT2D eigenvalue weighted by molar-refractivity contribution is 5.71. The normalized spacial score (nSPS) is 19.6. The van der Waals surface area contributed by atoms with Crippen LogP contribution in [0.25, 0.3) is 0 Å². The Morgan fingerprint density at radius 1 is 1.70 bits per heavy atom. The van der Waals surface area contributed by atoms with Crippen LogP contribution in [0.3, 0.4) is 0 Å². The van der Waals surface area contributed by atoms with Crippen LogP contribution in [0.4, 0.5) is 4.79 Å². The van der Waals surface area contributed by atoms with Crippen molar-refractivity contribution in [2.24, 2.45) is 5.92 Å². The second-order valence-corrected chi connectivity index (χ2v) is 2.45. The average molecular weight is 143 g/mol. The minimum atomic E-state index is -1.12. The Balaban J connectivity index is 2.32. The van der Waals surface area contributed by atoms with E-state index in [9.17, 15) is 9.59 Å². The third-order valence-electron chi connectivity index (χ3n) is 1.57. The second-order valence-electron chi connectivity index (χ2n) is 2.45. The molecule has 0 spiro atoms. The summed E-state index contributed by atoms with van der Waals surface area (Å²) in [7, 11) is 0. The van der Waals surface area contributed by atoms with Crippen molar-refractivity contribution < 1.29 is 14.7 Å². The fourth-order valence-electron chi connectivity index (χ4n) is 0.861. The standard InChI is InChI=1S/C6H9NO3/c8-3-5(4-1-2-4)7-6(9)10/h3-5,7H,1-2H2,(H,9,10)/t5-/m1/s1. The van der Waals surface area contributed by atoms with Crippen LogP contribution in [0.1, 0.15) is 12.8 Å². The molecule has 10 heavy (non-hydrogen) atoms. The van der Waals surface area contributed by atoms with E-state index in [0.717, 1.165) is 12.8 Å². The summed E-state index contributed by atoms with van der Waals surface area (Å²) in [5, 5.41) is 10.4. The number of carbonyl (C=O) groups is 2. The van der Waals surface area contributed by atoms with E-state index in [2.05, 4.69) is 5.32 Å². The Morgan fingerprint density at radius 3 is 2.60 bits per heavy atom. The van der Waals surface area contributed by atoms with Crippen LogP contribution < -0.4 is 5.32 Å². The summed E-state index contributed by atoms with van der Waals surface area (Å²) in [6.07, 6.45) is 1.46. The van der Waals surface area contributed by atoms with Gasteiger partial charge in [-0.1, -0.05) is 0 Å². The maximum Gasteiger partial charge on any atom is 0.405 e. The predicted molar refractivity (Wildman–Crippen MR) is 33.7 cm³/mol. The summed E-state index contributed by atoms with van der Waals surface area (Å²) in [6, 6.07) is -0.475. The van der Waals surface area contributed by atoms with Crippen LogP contribution in [0.2, 0.25) is 0 Å². The number of hydrogen-bond acceptors (Lipinski definition) is 2. The lowest BCUT2D eigenvalue weighted by Gasteiger charge is -2.06. The summed E-state index contributed by atoms with van der Waals surface area (Å²) in [4.78, 5) is 20.2. The molecule has 0 heterocycles. The smallest absolute Gasteiger partial charge is 0.405 e. The van der Waals surface area contributed by atoms with Crippen LogP contribution in [0.5, 0.6) is 0 Å². The van der Waals surface area contributed by atoms with Gasteiger partial charge in [0.2, 0.25) is 0 Å². The molecule has 1 fully saturated rings. The topological polar surface area (TPSA) is 66.4 Å². The number of hydrogen-bond donors (Lipinski definition) is 2. The fraction of sp³-hybridized carbons (Fsp3) is 0.667. The minimum absolute atomic E-state index is 0.258. The van der Waals surface area contributed by atoms with Gasteiger partial charge in [0.15, 0.2) is 0 Å². The number of rotatable bonds is 3. The van der Waals surface area contributed by atoms with Gasteiger partial charge in [-0.05, 0) is 18.8 Å². The van der Waals surface area contributed by atoms with Gasteiger partial charge in [-0.15, -0.1) is 0 Å². The largest absolute Gasteiger partial charge is 0.465 e. The molecule has 1 aliphatic rings. The third kappa shape index (κ3) is 1.72. The third-order valence-corrected chi connectivity index (χ3v) is 1.57. The van der Waals surface area contributed by atoms with Gasteiger partial charge in [0.1, 0.15) is 6.29 Å². The van der Waals surface area contributed by atoms with Gasteiger partial charge in [-0.2, -0.15) is 0 Å². The number of carboxylic acid groups (broad SMARTS) is 1. The molecule has 0 radical (unpaired) electrons. The van der Waals surface area contributed by atoms with Crippen molar-refractivity contribution in [2.45, 2.75) is 18.9 Å². The van der Waals surface area contributed by atoms with E-state index in [0.29, 0.717) is 6.29 Å². The van der Waals surface area contributed by atoms with Gasteiger partial charge >= 0.3 is 6.09 Å². The highest BCUT2D eigenvalue weighted by Crippen LogP contribution is 2.31. The Kier molecular flexibility index (Phi) is 1.89. The lowest BCUT2D eigenvalue weighted by atomic mass is 10.2. The highest BCUT2D eigenvalue weighted by atomic mass is 16.4. The summed E-state index contributed by atoms with van der Waals surface area (Å²) in [6.45, 7) is 0. The highest BCUT2D eigenvalue weighted by Gasteiger charge is 2.31. The predicted octanol–water partition coefficient (Wildman–Crippen LogP) is 0.231. The van der Waals surface area contributed by atoms with Crippen molar-refractivity contribution >= 4 is 12.4 Å². The van der Waals surface area contributed by atoms with Gasteiger partial charge in [0.25, 0.3) is 0 Å². The molecule has 0 bridgehead atoms. The fourth-order valence-corrected chi connectivity index (χ4v) is 0.861. The van der Waals surface area contributed by atoms with E-state index >= 15 is 0 Å². The molecule has 4 nitrogen and oxygen atoms in total. The molecule has 2 N–H and O–H groups in total. The molecule has 1 atom stereocenters. The van der Waals surface area contributed by atoms with E-state index < -0.39 is 12.1 Å². The van der Waals surface area contributed by atoms with Crippen LogP contribution >= 0.6 is 0 Å². The van der Waals surface area contributed by atoms with Crippen LogP contribution in [0, 0.1) is 5.92 Å². The lowest BCUT2D eigenvalue weighted by molar-refractivity contribution is -0.109. The maximum atomic E-state index is 10.2. The zero-order valence-corrected chi connectivity index (χ0v) is 5.41. The second kappa shape index (κ2) is 2.68. The lowest BCUT2D eigenvalue weighted by Crippen LogP contribution is -2.36. The van der Waals surface area contributed by atoms with Gasteiger partial charge in [0.05, 0.1) is 6.04 Å². The maximum absolute atomic E-state index is 10.2. The van der Waals surface area contributed by atoms with Gasteiger partial charge in [0, 0.05) is 0 Å². The first-order valence-corrected chi connectivity index (χ1v) is 3.19.